The first-order valence-corrected chi connectivity index (χ1v) is 8.26. The monoisotopic (exact) mass is 328 g/mol. The summed E-state index contributed by atoms with van der Waals surface area (Å²) in [5.41, 5.74) is 1.16. The second-order valence-corrected chi connectivity index (χ2v) is 5.80. The van der Waals surface area contributed by atoms with Crippen LogP contribution in [0.4, 0.5) is 0 Å². The highest BCUT2D eigenvalue weighted by Crippen LogP contribution is 2.10. The maximum absolute atomic E-state index is 12.1. The van der Waals surface area contributed by atoms with E-state index in [1.165, 1.54) is 0 Å². The summed E-state index contributed by atoms with van der Waals surface area (Å²) < 4.78 is 0. The van der Waals surface area contributed by atoms with Gasteiger partial charge in [-0.15, -0.1) is 0 Å². The van der Waals surface area contributed by atoms with Crippen LogP contribution in [0.25, 0.3) is 0 Å². The molecule has 24 heavy (non-hydrogen) atoms. The molecule has 128 valence electrons. The van der Waals surface area contributed by atoms with Gasteiger partial charge in [-0.25, -0.2) is 0 Å². The molecule has 1 fully saturated rings. The lowest BCUT2D eigenvalue weighted by molar-refractivity contribution is -0.117. The number of phenolic OH excluding ortho intramolecular Hbond substituents is 1. The lowest BCUT2D eigenvalue weighted by Crippen LogP contribution is -2.44. The number of benzene rings is 1. The predicted molar refractivity (Wildman–Crippen MR) is 92.2 cm³/mol. The normalized spacial score (nSPS) is 15.8. The van der Waals surface area contributed by atoms with Crippen LogP contribution < -0.4 is 5.32 Å². The topological polar surface area (TPSA) is 79.6 Å². The van der Waals surface area contributed by atoms with Crippen molar-refractivity contribution in [3.8, 4) is 11.8 Å². The smallest absolute Gasteiger partial charge is 0.263 e. The molecular weight excluding hydrogens is 304 g/mol. The molecule has 0 radical (unpaired) electrons. The van der Waals surface area contributed by atoms with Gasteiger partial charge in [0.25, 0.3) is 5.91 Å². The van der Waals surface area contributed by atoms with Crippen LogP contribution in [0.1, 0.15) is 12.5 Å². The molecule has 0 aromatic heterocycles. The minimum absolute atomic E-state index is 0.144. The van der Waals surface area contributed by atoms with Crippen LogP contribution in [0.3, 0.4) is 0 Å². The van der Waals surface area contributed by atoms with E-state index in [-0.39, 0.29) is 17.2 Å². The first kappa shape index (κ1) is 17.8. The minimum Gasteiger partial charge on any atom is -0.508 e. The maximum Gasteiger partial charge on any atom is 0.263 e. The number of hydrogen-bond acceptors (Lipinski definition) is 5. The Labute approximate surface area is 143 Å². The molecule has 2 N–H and O–H groups in total. The number of carbonyl (C=O) groups is 1. The molecule has 0 bridgehead atoms. The zero-order valence-corrected chi connectivity index (χ0v) is 14.0. The minimum atomic E-state index is -0.339. The third-order valence-electron chi connectivity index (χ3n) is 4.17. The van der Waals surface area contributed by atoms with Gasteiger partial charge in [-0.3, -0.25) is 4.79 Å². The molecule has 1 saturated heterocycles. The largest absolute Gasteiger partial charge is 0.508 e. The Kier molecular flexibility index (Phi) is 6.64. The van der Waals surface area contributed by atoms with Crippen molar-refractivity contribution < 1.29 is 9.90 Å². The number of nitrogens with one attached hydrogen (secondary N) is 1. The van der Waals surface area contributed by atoms with Crippen LogP contribution in [0.2, 0.25) is 0 Å². The number of hydrogen-bond donors (Lipinski definition) is 2. The van der Waals surface area contributed by atoms with Gasteiger partial charge in [0.1, 0.15) is 17.4 Å². The molecular formula is C18H24N4O2. The Hall–Kier alpha value is -2.52. The van der Waals surface area contributed by atoms with E-state index in [1.54, 1.807) is 18.3 Å². The second-order valence-electron chi connectivity index (χ2n) is 5.80. The van der Waals surface area contributed by atoms with Crippen LogP contribution in [-0.4, -0.2) is 60.1 Å². The zero-order valence-electron chi connectivity index (χ0n) is 14.0. The molecule has 0 spiro atoms. The van der Waals surface area contributed by atoms with Gasteiger partial charge in [-0.2, -0.15) is 5.26 Å². The van der Waals surface area contributed by atoms with Crippen LogP contribution in [-0.2, 0) is 11.2 Å². The Morgan fingerprint density at radius 2 is 1.96 bits per heavy atom. The zero-order chi connectivity index (χ0) is 17.4. The average Bonchev–Trinajstić information content (AvgIpc) is 2.61. The third kappa shape index (κ3) is 5.28. The number of nitrogens with zero attached hydrogens (tertiary/aromatic N) is 3. The summed E-state index contributed by atoms with van der Waals surface area (Å²) in [6, 6.07) is 8.86. The summed E-state index contributed by atoms with van der Waals surface area (Å²) in [5, 5.41) is 21.2. The van der Waals surface area contributed by atoms with Gasteiger partial charge in [-0.05, 0) is 30.7 Å². The summed E-state index contributed by atoms with van der Waals surface area (Å²) in [4.78, 5) is 16.5. The predicted octanol–water partition coefficient (Wildman–Crippen LogP) is 1.10. The molecule has 1 aliphatic rings. The molecule has 0 saturated carbocycles. The Bertz CT molecular complexity index is 611. The van der Waals surface area contributed by atoms with E-state index < -0.39 is 0 Å². The fourth-order valence-corrected chi connectivity index (χ4v) is 2.61. The van der Waals surface area contributed by atoms with Crippen LogP contribution in [0, 0.1) is 11.3 Å². The van der Waals surface area contributed by atoms with Crippen molar-refractivity contribution in [1.29, 1.82) is 5.26 Å². The Morgan fingerprint density at radius 3 is 2.54 bits per heavy atom. The van der Waals surface area contributed by atoms with Crippen molar-refractivity contribution in [2.45, 2.75) is 13.3 Å². The van der Waals surface area contributed by atoms with E-state index in [1.807, 2.05) is 23.1 Å². The first-order valence-electron chi connectivity index (χ1n) is 8.26. The standard InChI is InChI=1S/C18H24N4O2/c1-2-21-9-11-22(12-10-21)14-16(13-19)18(24)20-8-7-15-3-5-17(23)6-4-15/h3-6,14,23H,2,7-12H2,1H3,(H,20,24)/b16-14-. The molecule has 6 heteroatoms. The van der Waals surface area contributed by atoms with Gasteiger partial charge in [-0.1, -0.05) is 19.1 Å². The molecule has 6 nitrogen and oxygen atoms in total. The molecule has 0 unspecified atom stereocenters. The number of phenols is 1. The third-order valence-corrected chi connectivity index (χ3v) is 4.17. The molecule has 0 atom stereocenters. The van der Waals surface area contributed by atoms with Crippen LogP contribution in [0.15, 0.2) is 36.0 Å². The van der Waals surface area contributed by atoms with E-state index in [4.69, 9.17) is 0 Å². The maximum atomic E-state index is 12.1. The molecule has 1 aromatic carbocycles. The van der Waals surface area contributed by atoms with Crippen molar-refractivity contribution in [2.75, 3.05) is 39.3 Å². The summed E-state index contributed by atoms with van der Waals surface area (Å²) in [7, 11) is 0. The van der Waals surface area contributed by atoms with Gasteiger partial charge in [0.2, 0.25) is 0 Å². The van der Waals surface area contributed by atoms with Crippen molar-refractivity contribution in [1.82, 2.24) is 15.1 Å². The summed E-state index contributed by atoms with van der Waals surface area (Å²) in [6.45, 7) is 7.18. The fourth-order valence-electron chi connectivity index (χ4n) is 2.61. The molecule has 2 rings (SSSR count). The van der Waals surface area contributed by atoms with Gasteiger partial charge in [0.05, 0.1) is 0 Å². The Morgan fingerprint density at radius 1 is 1.29 bits per heavy atom. The highest BCUT2D eigenvalue weighted by atomic mass is 16.3. The van der Waals surface area contributed by atoms with Gasteiger partial charge in [0, 0.05) is 38.9 Å². The molecule has 0 aliphatic carbocycles. The lowest BCUT2D eigenvalue weighted by atomic mass is 10.1. The van der Waals surface area contributed by atoms with E-state index in [2.05, 4.69) is 17.1 Å². The number of amides is 1. The van der Waals surface area contributed by atoms with Gasteiger partial charge < -0.3 is 20.2 Å². The molecule has 1 aliphatic heterocycles. The van der Waals surface area contributed by atoms with Crippen molar-refractivity contribution in [3.63, 3.8) is 0 Å². The van der Waals surface area contributed by atoms with E-state index in [9.17, 15) is 15.2 Å². The number of likely N-dealkylation sites (N-methyl/N-ethyl adjacent to an activating group) is 1. The Balaban J connectivity index is 1.82. The molecule has 1 heterocycles. The molecule has 1 aromatic rings. The highest BCUT2D eigenvalue weighted by Gasteiger charge is 2.16. The fraction of sp³-hybridized carbons (Fsp3) is 0.444. The number of piperazine rings is 1. The lowest BCUT2D eigenvalue weighted by Gasteiger charge is -2.33. The number of nitriles is 1. The van der Waals surface area contributed by atoms with Crippen LogP contribution in [0.5, 0.6) is 5.75 Å². The number of carbonyl (C=O) groups excluding carboxylic acids is 1. The van der Waals surface area contributed by atoms with E-state index in [0.29, 0.717) is 13.0 Å². The summed E-state index contributed by atoms with van der Waals surface area (Å²) in [6.07, 6.45) is 2.32. The SMILES string of the molecule is CCN1CCN(/C=C(/C#N)C(=O)NCCc2ccc(O)cc2)CC1. The average molecular weight is 328 g/mol. The molecule has 1 amide bonds. The van der Waals surface area contributed by atoms with E-state index in [0.717, 1.165) is 38.3 Å². The van der Waals surface area contributed by atoms with Crippen molar-refractivity contribution in [3.05, 3.63) is 41.6 Å². The summed E-state index contributed by atoms with van der Waals surface area (Å²) in [5.74, 6) is -0.116. The number of rotatable bonds is 6. The number of aromatic hydroxyl groups is 1. The van der Waals surface area contributed by atoms with Gasteiger partial charge >= 0.3 is 0 Å². The second kappa shape index (κ2) is 8.94. The first-order chi connectivity index (χ1) is 11.6. The van der Waals surface area contributed by atoms with Crippen molar-refractivity contribution in [2.24, 2.45) is 0 Å². The quantitative estimate of drug-likeness (QED) is 0.604. The summed E-state index contributed by atoms with van der Waals surface area (Å²) >= 11 is 0. The van der Waals surface area contributed by atoms with Crippen molar-refractivity contribution >= 4 is 5.91 Å². The van der Waals surface area contributed by atoms with Gasteiger partial charge in [0.15, 0.2) is 0 Å². The highest BCUT2D eigenvalue weighted by molar-refractivity contribution is 5.97. The van der Waals surface area contributed by atoms with Crippen LogP contribution >= 0.6 is 0 Å². The van der Waals surface area contributed by atoms with E-state index >= 15 is 0 Å².